The quantitative estimate of drug-likeness (QED) is 0.750. The van der Waals surface area contributed by atoms with Gasteiger partial charge < -0.3 is 4.74 Å². The number of nitrogens with zero attached hydrogens (tertiary/aromatic N) is 3. The minimum Gasteiger partial charge on any atom is -0.462 e. The van der Waals surface area contributed by atoms with Crippen molar-refractivity contribution in [2.24, 2.45) is 0 Å². The van der Waals surface area contributed by atoms with E-state index in [1.165, 1.54) is 0 Å². The van der Waals surface area contributed by atoms with E-state index in [9.17, 15) is 4.79 Å². The lowest BCUT2D eigenvalue weighted by atomic mass is 10.1. The zero-order valence-electron chi connectivity index (χ0n) is 9.33. The Bertz CT molecular complexity index is 514. The van der Waals surface area contributed by atoms with Crippen LogP contribution < -0.4 is 0 Å². The molecule has 0 aliphatic carbocycles. The van der Waals surface area contributed by atoms with E-state index in [0.29, 0.717) is 17.9 Å². The standard InChI is InChI=1S/C12H11N3O2/c1-2-17-12(16)10-4-3-6-13-11(10)9-5-7-14-15-8-9/h3-8H,2H2,1H3. The number of hydrogen-bond acceptors (Lipinski definition) is 5. The van der Waals surface area contributed by atoms with Crippen LogP contribution in [0.3, 0.4) is 0 Å². The zero-order valence-corrected chi connectivity index (χ0v) is 9.33. The SMILES string of the molecule is CCOC(=O)c1cccnc1-c1ccnnc1. The van der Waals surface area contributed by atoms with Crippen molar-refractivity contribution in [1.29, 1.82) is 0 Å². The summed E-state index contributed by atoms with van der Waals surface area (Å²) in [7, 11) is 0. The predicted octanol–water partition coefficient (Wildman–Crippen LogP) is 1.72. The van der Waals surface area contributed by atoms with Crippen LogP contribution in [0, 0.1) is 0 Å². The first-order valence-corrected chi connectivity index (χ1v) is 5.22. The van der Waals surface area contributed by atoms with Gasteiger partial charge in [0.25, 0.3) is 0 Å². The molecule has 0 amide bonds. The van der Waals surface area contributed by atoms with Crippen LogP contribution in [-0.2, 0) is 4.74 Å². The van der Waals surface area contributed by atoms with Gasteiger partial charge in [-0.25, -0.2) is 4.79 Å². The second-order valence-electron chi connectivity index (χ2n) is 3.25. The number of hydrogen-bond donors (Lipinski definition) is 0. The van der Waals surface area contributed by atoms with Gasteiger partial charge in [-0.1, -0.05) is 0 Å². The van der Waals surface area contributed by atoms with Gasteiger partial charge >= 0.3 is 5.97 Å². The van der Waals surface area contributed by atoms with Gasteiger partial charge in [0.05, 0.1) is 30.3 Å². The lowest BCUT2D eigenvalue weighted by molar-refractivity contribution is 0.0527. The summed E-state index contributed by atoms with van der Waals surface area (Å²) in [5, 5.41) is 7.45. The van der Waals surface area contributed by atoms with E-state index >= 15 is 0 Å². The molecule has 0 bridgehead atoms. The maximum absolute atomic E-state index is 11.7. The highest BCUT2D eigenvalue weighted by Crippen LogP contribution is 2.20. The Hall–Kier alpha value is -2.30. The number of ether oxygens (including phenoxy) is 1. The normalized spacial score (nSPS) is 9.94. The molecule has 5 nitrogen and oxygen atoms in total. The van der Waals surface area contributed by atoms with Crippen LogP contribution in [0.15, 0.2) is 36.8 Å². The van der Waals surface area contributed by atoms with Crippen molar-refractivity contribution < 1.29 is 9.53 Å². The molecule has 0 N–H and O–H groups in total. The summed E-state index contributed by atoms with van der Waals surface area (Å²) in [5.74, 6) is -0.382. The number of carbonyl (C=O) groups excluding carboxylic acids is 1. The molecule has 0 saturated heterocycles. The molecule has 2 rings (SSSR count). The molecule has 0 saturated carbocycles. The van der Waals surface area contributed by atoms with E-state index in [1.54, 1.807) is 43.7 Å². The lowest BCUT2D eigenvalue weighted by Gasteiger charge is -2.06. The fourth-order valence-electron chi connectivity index (χ4n) is 1.44. The van der Waals surface area contributed by atoms with Gasteiger partial charge in [-0.15, -0.1) is 0 Å². The maximum Gasteiger partial charge on any atom is 0.340 e. The Morgan fingerprint density at radius 1 is 1.29 bits per heavy atom. The average molecular weight is 229 g/mol. The fraction of sp³-hybridized carbons (Fsp3) is 0.167. The minimum absolute atomic E-state index is 0.335. The summed E-state index contributed by atoms with van der Waals surface area (Å²) in [6.45, 7) is 2.10. The molecular formula is C12H11N3O2. The van der Waals surface area contributed by atoms with Crippen molar-refractivity contribution in [3.8, 4) is 11.3 Å². The van der Waals surface area contributed by atoms with Crippen LogP contribution in [-0.4, -0.2) is 27.8 Å². The van der Waals surface area contributed by atoms with Crippen molar-refractivity contribution in [3.63, 3.8) is 0 Å². The third-order valence-corrected chi connectivity index (χ3v) is 2.16. The molecular weight excluding hydrogens is 218 g/mol. The second-order valence-corrected chi connectivity index (χ2v) is 3.25. The molecule has 0 aromatic carbocycles. The van der Waals surface area contributed by atoms with Crippen molar-refractivity contribution >= 4 is 5.97 Å². The third-order valence-electron chi connectivity index (χ3n) is 2.16. The molecule has 0 radical (unpaired) electrons. The van der Waals surface area contributed by atoms with E-state index in [0.717, 1.165) is 5.56 Å². The number of carbonyl (C=O) groups is 1. The largest absolute Gasteiger partial charge is 0.462 e. The van der Waals surface area contributed by atoms with Crippen LogP contribution in [0.5, 0.6) is 0 Å². The number of esters is 1. The molecule has 5 heteroatoms. The molecule has 0 fully saturated rings. The highest BCUT2D eigenvalue weighted by molar-refractivity contribution is 5.95. The molecule has 0 atom stereocenters. The topological polar surface area (TPSA) is 65.0 Å². The number of aromatic nitrogens is 3. The summed E-state index contributed by atoms with van der Waals surface area (Å²) in [6, 6.07) is 5.13. The third kappa shape index (κ3) is 2.44. The molecule has 2 heterocycles. The summed E-state index contributed by atoms with van der Waals surface area (Å²) < 4.78 is 4.98. The van der Waals surface area contributed by atoms with E-state index in [1.807, 2.05) is 0 Å². The Balaban J connectivity index is 2.45. The Labute approximate surface area is 98.5 Å². The minimum atomic E-state index is -0.382. The van der Waals surface area contributed by atoms with Crippen molar-refractivity contribution in [1.82, 2.24) is 15.2 Å². The Morgan fingerprint density at radius 2 is 2.18 bits per heavy atom. The summed E-state index contributed by atoms with van der Waals surface area (Å²) in [4.78, 5) is 15.9. The predicted molar refractivity (Wildman–Crippen MR) is 61.2 cm³/mol. The maximum atomic E-state index is 11.7. The molecule has 0 spiro atoms. The van der Waals surface area contributed by atoms with Crippen LogP contribution >= 0.6 is 0 Å². The fourth-order valence-corrected chi connectivity index (χ4v) is 1.44. The van der Waals surface area contributed by atoms with Gasteiger partial charge in [-0.05, 0) is 25.1 Å². The molecule has 17 heavy (non-hydrogen) atoms. The van der Waals surface area contributed by atoms with Gasteiger partial charge in [0, 0.05) is 11.8 Å². The Morgan fingerprint density at radius 3 is 2.88 bits per heavy atom. The van der Waals surface area contributed by atoms with Crippen molar-refractivity contribution in [2.45, 2.75) is 6.92 Å². The van der Waals surface area contributed by atoms with Crippen molar-refractivity contribution in [3.05, 3.63) is 42.4 Å². The molecule has 0 aliphatic rings. The van der Waals surface area contributed by atoms with Crippen molar-refractivity contribution in [2.75, 3.05) is 6.61 Å². The molecule has 2 aromatic rings. The first-order chi connectivity index (χ1) is 8.33. The first kappa shape index (κ1) is 11.2. The van der Waals surface area contributed by atoms with E-state index < -0.39 is 0 Å². The summed E-state index contributed by atoms with van der Waals surface area (Å²) in [6.07, 6.45) is 4.74. The van der Waals surface area contributed by atoms with Gasteiger partial charge in [0.2, 0.25) is 0 Å². The highest BCUT2D eigenvalue weighted by atomic mass is 16.5. The van der Waals surface area contributed by atoms with E-state index in [-0.39, 0.29) is 5.97 Å². The Kier molecular flexibility index (Phi) is 3.40. The highest BCUT2D eigenvalue weighted by Gasteiger charge is 2.14. The molecule has 86 valence electrons. The number of rotatable bonds is 3. The average Bonchev–Trinajstić information content (AvgIpc) is 2.40. The molecule has 2 aromatic heterocycles. The molecule has 0 unspecified atom stereocenters. The van der Waals surface area contributed by atoms with E-state index in [4.69, 9.17) is 4.74 Å². The lowest BCUT2D eigenvalue weighted by Crippen LogP contribution is -2.07. The monoisotopic (exact) mass is 229 g/mol. The molecule has 0 aliphatic heterocycles. The van der Waals surface area contributed by atoms with Gasteiger partial charge in [-0.2, -0.15) is 10.2 Å². The smallest absolute Gasteiger partial charge is 0.340 e. The van der Waals surface area contributed by atoms with Gasteiger partial charge in [-0.3, -0.25) is 4.98 Å². The summed E-state index contributed by atoms with van der Waals surface area (Å²) in [5.41, 5.74) is 1.73. The van der Waals surface area contributed by atoms with Crippen LogP contribution in [0.2, 0.25) is 0 Å². The summed E-state index contributed by atoms with van der Waals surface area (Å²) >= 11 is 0. The van der Waals surface area contributed by atoms with Crippen LogP contribution in [0.4, 0.5) is 0 Å². The number of pyridine rings is 1. The van der Waals surface area contributed by atoms with E-state index in [2.05, 4.69) is 15.2 Å². The van der Waals surface area contributed by atoms with Gasteiger partial charge in [0.1, 0.15) is 0 Å². The van der Waals surface area contributed by atoms with Crippen LogP contribution in [0.25, 0.3) is 11.3 Å². The first-order valence-electron chi connectivity index (χ1n) is 5.22. The second kappa shape index (κ2) is 5.16. The van der Waals surface area contributed by atoms with Gasteiger partial charge in [0.15, 0.2) is 0 Å². The van der Waals surface area contributed by atoms with Crippen LogP contribution in [0.1, 0.15) is 17.3 Å². The zero-order chi connectivity index (χ0) is 12.1.